The van der Waals surface area contributed by atoms with Crippen molar-refractivity contribution in [3.63, 3.8) is 0 Å². The molecule has 3 nitrogen and oxygen atoms in total. The third kappa shape index (κ3) is 3.01. The number of hydrogen-bond donors (Lipinski definition) is 2. The first-order valence-corrected chi connectivity index (χ1v) is 9.40. The van der Waals surface area contributed by atoms with Crippen LogP contribution in [0.2, 0.25) is 0 Å². The monoisotopic (exact) mass is 321 g/mol. The molecule has 4 unspecified atom stereocenters. The Balaban J connectivity index is 1.73. The predicted molar refractivity (Wildman–Crippen MR) is 94.3 cm³/mol. The van der Waals surface area contributed by atoms with E-state index in [0.717, 1.165) is 13.0 Å². The normalized spacial score (nSPS) is 41.2. The highest BCUT2D eigenvalue weighted by Gasteiger charge is 2.56. The molecule has 1 aliphatic heterocycles. The molecule has 0 aromatic heterocycles. The number of rotatable bonds is 5. The minimum absolute atomic E-state index is 0.250. The number of nitrogens with one attached hydrogen (secondary N) is 1. The SMILES string of the molecule is C=C(C)C1CCC2(NCCC3(O)COC3)CCC(C)(C)C(C)C12. The van der Waals surface area contributed by atoms with Crippen LogP contribution >= 0.6 is 0 Å². The first kappa shape index (κ1) is 17.4. The van der Waals surface area contributed by atoms with Crippen LogP contribution in [-0.2, 0) is 4.74 Å². The zero-order valence-electron chi connectivity index (χ0n) is 15.5. The van der Waals surface area contributed by atoms with Gasteiger partial charge in [0.2, 0.25) is 0 Å². The summed E-state index contributed by atoms with van der Waals surface area (Å²) in [6.45, 7) is 15.7. The molecule has 2 saturated carbocycles. The fourth-order valence-corrected chi connectivity index (χ4v) is 5.40. The van der Waals surface area contributed by atoms with Crippen molar-refractivity contribution in [3.05, 3.63) is 12.2 Å². The highest BCUT2D eigenvalue weighted by molar-refractivity contribution is 5.17. The predicted octanol–water partition coefficient (Wildman–Crippen LogP) is 3.52. The van der Waals surface area contributed by atoms with Gasteiger partial charge in [0, 0.05) is 5.54 Å². The Morgan fingerprint density at radius 3 is 2.52 bits per heavy atom. The van der Waals surface area contributed by atoms with Gasteiger partial charge in [0.25, 0.3) is 0 Å². The topological polar surface area (TPSA) is 41.5 Å². The number of aliphatic hydroxyl groups is 1. The van der Waals surface area contributed by atoms with Crippen LogP contribution < -0.4 is 5.32 Å². The van der Waals surface area contributed by atoms with Crippen molar-refractivity contribution in [2.75, 3.05) is 19.8 Å². The molecule has 2 N–H and O–H groups in total. The zero-order valence-corrected chi connectivity index (χ0v) is 15.5. The largest absolute Gasteiger partial charge is 0.385 e. The van der Waals surface area contributed by atoms with Crippen LogP contribution in [0, 0.1) is 23.2 Å². The molecule has 3 fully saturated rings. The molecule has 23 heavy (non-hydrogen) atoms. The van der Waals surface area contributed by atoms with Crippen molar-refractivity contribution in [3.8, 4) is 0 Å². The lowest BCUT2D eigenvalue weighted by molar-refractivity contribution is -0.181. The van der Waals surface area contributed by atoms with Crippen molar-refractivity contribution in [1.82, 2.24) is 5.32 Å². The Labute approximate surface area is 141 Å². The van der Waals surface area contributed by atoms with Gasteiger partial charge in [-0.2, -0.15) is 0 Å². The Kier molecular flexibility index (Phi) is 4.44. The highest BCUT2D eigenvalue weighted by atomic mass is 16.5. The van der Waals surface area contributed by atoms with Gasteiger partial charge >= 0.3 is 0 Å². The van der Waals surface area contributed by atoms with Gasteiger partial charge < -0.3 is 15.2 Å². The lowest BCUT2D eigenvalue weighted by Crippen LogP contribution is -2.59. The Bertz CT molecular complexity index is 468. The third-order valence-electron chi connectivity index (χ3n) is 7.40. The average molecular weight is 322 g/mol. The van der Waals surface area contributed by atoms with Crippen LogP contribution in [0.25, 0.3) is 0 Å². The van der Waals surface area contributed by atoms with Gasteiger partial charge in [-0.3, -0.25) is 0 Å². The van der Waals surface area contributed by atoms with Crippen LogP contribution in [0.15, 0.2) is 12.2 Å². The van der Waals surface area contributed by atoms with Crippen LogP contribution in [0.4, 0.5) is 0 Å². The number of allylic oxidation sites excluding steroid dienone is 1. The number of ether oxygens (including phenoxy) is 1. The molecule has 1 saturated heterocycles. The Hall–Kier alpha value is -0.380. The minimum atomic E-state index is -0.578. The number of fused-ring (bicyclic) bond motifs is 1. The van der Waals surface area contributed by atoms with Gasteiger partial charge in [-0.05, 0) is 68.7 Å². The molecule has 3 rings (SSSR count). The molecule has 132 valence electrons. The Morgan fingerprint density at radius 1 is 1.26 bits per heavy atom. The maximum absolute atomic E-state index is 10.3. The van der Waals surface area contributed by atoms with E-state index >= 15 is 0 Å². The summed E-state index contributed by atoms with van der Waals surface area (Å²) in [5, 5.41) is 14.2. The van der Waals surface area contributed by atoms with E-state index in [1.165, 1.54) is 31.3 Å². The maximum atomic E-state index is 10.3. The molecule has 0 aromatic carbocycles. The van der Waals surface area contributed by atoms with E-state index in [1.54, 1.807) is 0 Å². The molecule has 1 heterocycles. The van der Waals surface area contributed by atoms with Crippen molar-refractivity contribution in [2.45, 2.75) is 70.9 Å². The fourth-order valence-electron chi connectivity index (χ4n) is 5.40. The zero-order chi connectivity index (χ0) is 16.9. The van der Waals surface area contributed by atoms with Gasteiger partial charge in [0.1, 0.15) is 5.60 Å². The molecule has 3 aliphatic rings. The molecule has 3 heteroatoms. The molecule has 4 atom stereocenters. The van der Waals surface area contributed by atoms with E-state index in [2.05, 4.69) is 39.6 Å². The summed E-state index contributed by atoms with van der Waals surface area (Å²) in [4.78, 5) is 0. The summed E-state index contributed by atoms with van der Waals surface area (Å²) < 4.78 is 5.17. The smallest absolute Gasteiger partial charge is 0.112 e. The summed E-state index contributed by atoms with van der Waals surface area (Å²) >= 11 is 0. The van der Waals surface area contributed by atoms with E-state index in [9.17, 15) is 5.11 Å². The lowest BCUT2D eigenvalue weighted by Gasteiger charge is -2.53. The van der Waals surface area contributed by atoms with Crippen molar-refractivity contribution >= 4 is 0 Å². The summed E-state index contributed by atoms with van der Waals surface area (Å²) in [6.07, 6.45) is 5.87. The fraction of sp³-hybridized carbons (Fsp3) is 0.900. The second kappa shape index (κ2) is 5.86. The van der Waals surface area contributed by atoms with Crippen LogP contribution in [0.1, 0.15) is 59.8 Å². The van der Waals surface area contributed by atoms with Crippen molar-refractivity contribution in [1.29, 1.82) is 0 Å². The molecule has 0 bridgehead atoms. The average Bonchev–Trinajstić information content (AvgIpc) is 2.82. The second-order valence-corrected chi connectivity index (χ2v) is 9.34. The molecule has 0 radical (unpaired) electrons. The molecular weight excluding hydrogens is 286 g/mol. The van der Waals surface area contributed by atoms with Gasteiger partial charge in [-0.1, -0.05) is 32.9 Å². The van der Waals surface area contributed by atoms with E-state index in [4.69, 9.17) is 4.74 Å². The first-order chi connectivity index (χ1) is 10.7. The summed E-state index contributed by atoms with van der Waals surface area (Å²) in [6, 6.07) is 0. The lowest BCUT2D eigenvalue weighted by atomic mass is 9.56. The van der Waals surface area contributed by atoms with E-state index < -0.39 is 5.60 Å². The summed E-state index contributed by atoms with van der Waals surface area (Å²) in [5.41, 5.74) is 1.44. The number of hydrogen-bond acceptors (Lipinski definition) is 3. The van der Waals surface area contributed by atoms with E-state index in [1.807, 2.05) is 0 Å². The Morgan fingerprint density at radius 2 is 1.96 bits per heavy atom. The van der Waals surface area contributed by atoms with Crippen LogP contribution in [0.3, 0.4) is 0 Å². The maximum Gasteiger partial charge on any atom is 0.112 e. The van der Waals surface area contributed by atoms with E-state index in [0.29, 0.717) is 36.4 Å². The summed E-state index contributed by atoms with van der Waals surface area (Å²) in [7, 11) is 0. The molecule has 2 aliphatic carbocycles. The second-order valence-electron chi connectivity index (χ2n) is 9.34. The quantitative estimate of drug-likeness (QED) is 0.761. The molecule has 0 aromatic rings. The van der Waals surface area contributed by atoms with Gasteiger partial charge in [-0.15, -0.1) is 0 Å². The van der Waals surface area contributed by atoms with E-state index in [-0.39, 0.29) is 5.54 Å². The van der Waals surface area contributed by atoms with Crippen LogP contribution in [-0.4, -0.2) is 36.0 Å². The standard InChI is InChI=1S/C20H35NO2/c1-14(2)16-6-7-20(21-11-10-19(22)12-23-13-19)9-8-18(4,5)15(3)17(16)20/h15-17,21-22H,1,6-13H2,2-5H3. The van der Waals surface area contributed by atoms with Crippen molar-refractivity contribution < 1.29 is 9.84 Å². The van der Waals surface area contributed by atoms with Crippen LogP contribution in [0.5, 0.6) is 0 Å². The van der Waals surface area contributed by atoms with Gasteiger partial charge in [0.15, 0.2) is 0 Å². The molecule has 0 amide bonds. The van der Waals surface area contributed by atoms with Gasteiger partial charge in [-0.25, -0.2) is 0 Å². The minimum Gasteiger partial charge on any atom is -0.385 e. The highest BCUT2D eigenvalue weighted by Crippen LogP contribution is 2.58. The molecule has 0 spiro atoms. The van der Waals surface area contributed by atoms with Gasteiger partial charge in [0.05, 0.1) is 13.2 Å². The third-order valence-corrected chi connectivity index (χ3v) is 7.40. The van der Waals surface area contributed by atoms with Crippen molar-refractivity contribution in [2.24, 2.45) is 23.2 Å². The summed E-state index contributed by atoms with van der Waals surface area (Å²) in [5.74, 6) is 2.02. The first-order valence-electron chi connectivity index (χ1n) is 9.40. The molecular formula is C20H35NO2.